The Hall–Kier alpha value is -3.23. The van der Waals surface area contributed by atoms with Crippen molar-refractivity contribution in [2.24, 2.45) is 7.05 Å². The third-order valence-electron chi connectivity index (χ3n) is 5.65. The van der Waals surface area contributed by atoms with E-state index in [0.29, 0.717) is 11.5 Å². The zero-order valence-corrected chi connectivity index (χ0v) is 17.8. The molecule has 0 saturated heterocycles. The lowest BCUT2D eigenvalue weighted by Gasteiger charge is -2.29. The first-order chi connectivity index (χ1) is 14.3. The molecule has 1 N–H and O–H groups in total. The Kier molecular flexibility index (Phi) is 5.27. The fraction of sp³-hybridized carbons (Fsp3) is 0.476. The van der Waals surface area contributed by atoms with Gasteiger partial charge in [-0.05, 0) is 64.7 Å². The normalized spacial score (nSPS) is 19.1. The number of aryl methyl sites for hydroxylation is 4. The molecule has 0 radical (unpaired) electrons. The second-order valence-electron chi connectivity index (χ2n) is 8.09. The average molecular weight is 409 g/mol. The van der Waals surface area contributed by atoms with Crippen LogP contribution in [0.1, 0.15) is 59.3 Å². The summed E-state index contributed by atoms with van der Waals surface area (Å²) in [5.74, 6) is 0.533. The van der Waals surface area contributed by atoms with Crippen molar-refractivity contribution in [3.63, 3.8) is 0 Å². The molecule has 1 aliphatic carbocycles. The van der Waals surface area contributed by atoms with E-state index >= 15 is 0 Å². The number of carbonyl (C=O) groups is 1. The zero-order valence-electron chi connectivity index (χ0n) is 17.8. The summed E-state index contributed by atoms with van der Waals surface area (Å²) in [5, 5.41) is 16.4. The van der Waals surface area contributed by atoms with Crippen LogP contribution in [0.5, 0.6) is 0 Å². The quantitative estimate of drug-likeness (QED) is 0.710. The summed E-state index contributed by atoms with van der Waals surface area (Å²) < 4.78 is 4.94. The Bertz CT molecular complexity index is 1130. The van der Waals surface area contributed by atoms with Crippen LogP contribution in [0.15, 0.2) is 29.1 Å². The van der Waals surface area contributed by atoms with E-state index in [4.69, 9.17) is 0 Å². The van der Waals surface area contributed by atoms with Crippen LogP contribution in [0.2, 0.25) is 0 Å². The third kappa shape index (κ3) is 3.92. The van der Waals surface area contributed by atoms with Gasteiger partial charge in [-0.1, -0.05) is 0 Å². The SMILES string of the molecule is Cc1cc(C(=O)NC2CCC(n3nc(-n4nc(C)cc4C)ccc3=O)CC2)n(C)n1. The van der Waals surface area contributed by atoms with Crippen LogP contribution in [-0.2, 0) is 7.05 Å². The second-order valence-corrected chi connectivity index (χ2v) is 8.09. The van der Waals surface area contributed by atoms with Crippen molar-refractivity contribution >= 4 is 5.91 Å². The van der Waals surface area contributed by atoms with Crippen molar-refractivity contribution in [2.75, 3.05) is 0 Å². The molecule has 1 amide bonds. The molecule has 3 heterocycles. The summed E-state index contributed by atoms with van der Waals surface area (Å²) in [4.78, 5) is 25.0. The van der Waals surface area contributed by atoms with Crippen molar-refractivity contribution in [1.29, 1.82) is 0 Å². The lowest BCUT2D eigenvalue weighted by molar-refractivity contribution is 0.0911. The summed E-state index contributed by atoms with van der Waals surface area (Å²) in [6.45, 7) is 5.77. The predicted octanol–water partition coefficient (Wildman–Crippen LogP) is 2.00. The third-order valence-corrected chi connectivity index (χ3v) is 5.65. The van der Waals surface area contributed by atoms with E-state index in [-0.39, 0.29) is 23.6 Å². The van der Waals surface area contributed by atoms with Gasteiger partial charge < -0.3 is 5.32 Å². The number of nitrogens with zero attached hydrogens (tertiary/aromatic N) is 6. The smallest absolute Gasteiger partial charge is 0.269 e. The van der Waals surface area contributed by atoms with Crippen LogP contribution < -0.4 is 10.9 Å². The van der Waals surface area contributed by atoms with Crippen molar-refractivity contribution < 1.29 is 4.79 Å². The van der Waals surface area contributed by atoms with Crippen molar-refractivity contribution in [1.82, 2.24) is 34.7 Å². The topological polar surface area (TPSA) is 99.6 Å². The first-order valence-corrected chi connectivity index (χ1v) is 10.3. The van der Waals surface area contributed by atoms with Crippen molar-refractivity contribution in [3.8, 4) is 5.82 Å². The first-order valence-electron chi connectivity index (χ1n) is 10.3. The van der Waals surface area contributed by atoms with Crippen LogP contribution in [0.4, 0.5) is 0 Å². The summed E-state index contributed by atoms with van der Waals surface area (Å²) in [5.41, 5.74) is 3.15. The predicted molar refractivity (Wildman–Crippen MR) is 112 cm³/mol. The Morgan fingerprint density at radius 2 is 1.70 bits per heavy atom. The van der Waals surface area contributed by atoms with Crippen LogP contribution in [0, 0.1) is 20.8 Å². The van der Waals surface area contributed by atoms with Gasteiger partial charge in [0.2, 0.25) is 0 Å². The molecule has 158 valence electrons. The lowest BCUT2D eigenvalue weighted by atomic mass is 9.91. The minimum atomic E-state index is -0.113. The van der Waals surface area contributed by atoms with Gasteiger partial charge in [-0.15, -0.1) is 5.10 Å². The molecule has 9 nitrogen and oxygen atoms in total. The maximum atomic E-state index is 12.5. The monoisotopic (exact) mass is 409 g/mol. The second kappa shape index (κ2) is 7.89. The van der Waals surface area contributed by atoms with E-state index < -0.39 is 0 Å². The number of amides is 1. The molecule has 0 spiro atoms. The molecule has 0 aromatic carbocycles. The molecule has 30 heavy (non-hydrogen) atoms. The number of hydrogen-bond donors (Lipinski definition) is 1. The number of aromatic nitrogens is 6. The van der Waals surface area contributed by atoms with Crippen LogP contribution in [-0.4, -0.2) is 41.3 Å². The summed E-state index contributed by atoms with van der Waals surface area (Å²) in [6, 6.07) is 7.13. The van der Waals surface area contributed by atoms with Crippen LogP contribution in [0.25, 0.3) is 5.82 Å². The van der Waals surface area contributed by atoms with E-state index in [1.54, 1.807) is 39.3 Å². The minimum Gasteiger partial charge on any atom is -0.348 e. The van der Waals surface area contributed by atoms with Gasteiger partial charge in [0.25, 0.3) is 11.5 Å². The summed E-state index contributed by atoms with van der Waals surface area (Å²) in [7, 11) is 1.77. The Morgan fingerprint density at radius 1 is 1.00 bits per heavy atom. The Morgan fingerprint density at radius 3 is 2.30 bits per heavy atom. The highest BCUT2D eigenvalue weighted by Gasteiger charge is 2.26. The van der Waals surface area contributed by atoms with Gasteiger partial charge in [0.15, 0.2) is 5.82 Å². The maximum absolute atomic E-state index is 12.5. The first kappa shape index (κ1) is 20.1. The van der Waals surface area contributed by atoms with E-state index in [0.717, 1.165) is 42.8 Å². The molecule has 0 unspecified atom stereocenters. The molecule has 1 aliphatic rings. The van der Waals surface area contributed by atoms with Gasteiger partial charge in [-0.25, -0.2) is 9.36 Å². The summed E-state index contributed by atoms with van der Waals surface area (Å²) >= 11 is 0. The van der Waals surface area contributed by atoms with Gasteiger partial charge >= 0.3 is 0 Å². The van der Waals surface area contributed by atoms with E-state index in [1.807, 2.05) is 26.8 Å². The maximum Gasteiger partial charge on any atom is 0.269 e. The van der Waals surface area contributed by atoms with Gasteiger partial charge in [-0.3, -0.25) is 14.3 Å². The highest BCUT2D eigenvalue weighted by molar-refractivity contribution is 5.92. The molecule has 1 saturated carbocycles. The highest BCUT2D eigenvalue weighted by Crippen LogP contribution is 2.27. The molecule has 1 fully saturated rings. The molecule has 3 aromatic heterocycles. The fourth-order valence-corrected chi connectivity index (χ4v) is 4.20. The van der Waals surface area contributed by atoms with Gasteiger partial charge in [0, 0.05) is 24.8 Å². The standard InChI is InChI=1S/C21H27N7O2/c1-13-11-15(3)27(24-13)19-9-10-20(29)28(25-19)17-7-5-16(6-8-17)22-21(30)18-12-14(2)23-26(18)4/h9-12,16-17H,5-8H2,1-4H3,(H,22,30). The highest BCUT2D eigenvalue weighted by atomic mass is 16.2. The number of hydrogen-bond acceptors (Lipinski definition) is 5. The average Bonchev–Trinajstić information content (AvgIpc) is 3.23. The minimum absolute atomic E-state index is 0.0153. The molecule has 0 aliphatic heterocycles. The van der Waals surface area contributed by atoms with Crippen LogP contribution in [0.3, 0.4) is 0 Å². The number of nitrogens with one attached hydrogen (secondary N) is 1. The lowest BCUT2D eigenvalue weighted by Crippen LogP contribution is -2.40. The zero-order chi connectivity index (χ0) is 21.4. The molecular formula is C21H27N7O2. The Labute approximate surface area is 174 Å². The van der Waals surface area contributed by atoms with E-state index in [2.05, 4.69) is 20.6 Å². The van der Waals surface area contributed by atoms with E-state index in [1.165, 1.54) is 0 Å². The van der Waals surface area contributed by atoms with Gasteiger partial charge in [-0.2, -0.15) is 10.2 Å². The fourth-order valence-electron chi connectivity index (χ4n) is 4.20. The molecular weight excluding hydrogens is 382 g/mol. The number of rotatable bonds is 4. The van der Waals surface area contributed by atoms with Gasteiger partial charge in [0.05, 0.1) is 17.4 Å². The van der Waals surface area contributed by atoms with E-state index in [9.17, 15) is 9.59 Å². The number of carbonyl (C=O) groups excluding carboxylic acids is 1. The molecule has 4 rings (SSSR count). The largest absolute Gasteiger partial charge is 0.348 e. The molecule has 3 aromatic rings. The summed E-state index contributed by atoms with van der Waals surface area (Å²) in [6.07, 6.45) is 3.16. The van der Waals surface area contributed by atoms with Crippen molar-refractivity contribution in [3.05, 3.63) is 57.4 Å². The van der Waals surface area contributed by atoms with Gasteiger partial charge in [0.1, 0.15) is 5.69 Å². The van der Waals surface area contributed by atoms with Crippen molar-refractivity contribution in [2.45, 2.75) is 58.5 Å². The Balaban J connectivity index is 1.44. The van der Waals surface area contributed by atoms with Crippen LogP contribution >= 0.6 is 0 Å². The molecule has 0 atom stereocenters. The molecule has 9 heteroatoms. The molecule has 0 bridgehead atoms.